The highest BCUT2D eigenvalue weighted by Crippen LogP contribution is 2.16. The summed E-state index contributed by atoms with van der Waals surface area (Å²) >= 11 is 0. The van der Waals surface area contributed by atoms with E-state index in [1.807, 2.05) is 13.0 Å². The van der Waals surface area contributed by atoms with E-state index in [4.69, 9.17) is 9.47 Å². The lowest BCUT2D eigenvalue weighted by Gasteiger charge is -2.18. The molecular formula is C9H12O2. The van der Waals surface area contributed by atoms with E-state index in [-0.39, 0.29) is 0 Å². The van der Waals surface area contributed by atoms with Gasteiger partial charge in [0, 0.05) is 5.57 Å². The van der Waals surface area contributed by atoms with Crippen LogP contribution < -0.4 is 0 Å². The molecule has 0 saturated carbocycles. The fraction of sp³-hybridized carbons (Fsp3) is 0.333. The Hall–Kier alpha value is -1.02. The average Bonchev–Trinajstić information content (AvgIpc) is 1.93. The van der Waals surface area contributed by atoms with Gasteiger partial charge in [-0.15, -0.1) is 0 Å². The zero-order valence-electron chi connectivity index (χ0n) is 6.72. The molecule has 60 valence electrons. The Bertz CT molecular complexity index is 214. The van der Waals surface area contributed by atoms with Crippen LogP contribution in [0.4, 0.5) is 0 Å². The summed E-state index contributed by atoms with van der Waals surface area (Å²) in [4.78, 5) is 0. The summed E-state index contributed by atoms with van der Waals surface area (Å²) in [6.07, 6.45) is 1.92. The van der Waals surface area contributed by atoms with Gasteiger partial charge in [0.15, 0.2) is 6.79 Å². The van der Waals surface area contributed by atoms with Crippen LogP contribution in [0.5, 0.6) is 0 Å². The molecule has 0 amide bonds. The van der Waals surface area contributed by atoms with Crippen LogP contribution in [0.3, 0.4) is 0 Å². The monoisotopic (exact) mass is 152 g/mol. The summed E-state index contributed by atoms with van der Waals surface area (Å²) in [5.41, 5.74) is 1.96. The molecule has 1 aliphatic heterocycles. The molecule has 1 rings (SSSR count). The van der Waals surface area contributed by atoms with Gasteiger partial charge >= 0.3 is 0 Å². The SMILES string of the molecule is C=C(C)/C=C1/COCOC1=C. The normalized spacial score (nSPS) is 21.5. The van der Waals surface area contributed by atoms with E-state index in [1.54, 1.807) is 0 Å². The van der Waals surface area contributed by atoms with Gasteiger partial charge in [-0.3, -0.25) is 0 Å². The van der Waals surface area contributed by atoms with Gasteiger partial charge in [0.25, 0.3) is 0 Å². The Kier molecular flexibility index (Phi) is 2.49. The molecule has 2 heteroatoms. The zero-order chi connectivity index (χ0) is 8.27. The van der Waals surface area contributed by atoms with E-state index in [9.17, 15) is 0 Å². The molecule has 0 aromatic carbocycles. The Balaban J connectivity index is 2.68. The van der Waals surface area contributed by atoms with E-state index in [2.05, 4.69) is 13.2 Å². The third kappa shape index (κ3) is 2.24. The van der Waals surface area contributed by atoms with Crippen LogP contribution >= 0.6 is 0 Å². The molecular weight excluding hydrogens is 140 g/mol. The van der Waals surface area contributed by atoms with Crippen LogP contribution in [-0.2, 0) is 9.47 Å². The number of rotatable bonds is 1. The largest absolute Gasteiger partial charge is 0.468 e. The third-order valence-electron chi connectivity index (χ3n) is 1.35. The fourth-order valence-corrected chi connectivity index (χ4v) is 0.857. The van der Waals surface area contributed by atoms with Crippen molar-refractivity contribution in [2.45, 2.75) is 6.92 Å². The molecule has 1 saturated heterocycles. The molecule has 0 spiro atoms. The van der Waals surface area contributed by atoms with Crippen molar-refractivity contribution in [1.82, 2.24) is 0 Å². The Labute approximate surface area is 66.8 Å². The van der Waals surface area contributed by atoms with Crippen LogP contribution in [0.1, 0.15) is 6.92 Å². The van der Waals surface area contributed by atoms with Crippen molar-refractivity contribution in [3.63, 3.8) is 0 Å². The summed E-state index contributed by atoms with van der Waals surface area (Å²) in [6.45, 7) is 10.3. The van der Waals surface area contributed by atoms with Gasteiger partial charge in [0.2, 0.25) is 0 Å². The average molecular weight is 152 g/mol. The number of ether oxygens (including phenoxy) is 2. The quantitative estimate of drug-likeness (QED) is 0.572. The van der Waals surface area contributed by atoms with Crippen LogP contribution in [-0.4, -0.2) is 13.4 Å². The van der Waals surface area contributed by atoms with E-state index in [1.165, 1.54) is 0 Å². The topological polar surface area (TPSA) is 18.5 Å². The van der Waals surface area contributed by atoms with Gasteiger partial charge in [0.1, 0.15) is 5.76 Å². The van der Waals surface area contributed by atoms with Gasteiger partial charge in [-0.05, 0) is 6.92 Å². The molecule has 0 atom stereocenters. The second kappa shape index (κ2) is 3.39. The minimum Gasteiger partial charge on any atom is -0.468 e. The van der Waals surface area contributed by atoms with Gasteiger partial charge < -0.3 is 9.47 Å². The lowest BCUT2D eigenvalue weighted by molar-refractivity contribution is -0.0362. The van der Waals surface area contributed by atoms with Crippen LogP contribution in [0.15, 0.2) is 36.1 Å². The van der Waals surface area contributed by atoms with Crippen molar-refractivity contribution in [3.05, 3.63) is 36.1 Å². The highest BCUT2D eigenvalue weighted by molar-refractivity contribution is 5.31. The van der Waals surface area contributed by atoms with E-state index >= 15 is 0 Å². The highest BCUT2D eigenvalue weighted by atomic mass is 16.7. The Morgan fingerprint density at radius 2 is 2.36 bits per heavy atom. The van der Waals surface area contributed by atoms with Crippen LogP contribution in [0, 0.1) is 0 Å². The first kappa shape index (κ1) is 8.08. The summed E-state index contributed by atoms with van der Waals surface area (Å²) in [5.74, 6) is 0.694. The maximum atomic E-state index is 5.07. The highest BCUT2D eigenvalue weighted by Gasteiger charge is 2.09. The maximum absolute atomic E-state index is 5.07. The van der Waals surface area contributed by atoms with E-state index in [0.717, 1.165) is 11.1 Å². The van der Waals surface area contributed by atoms with E-state index in [0.29, 0.717) is 19.2 Å². The third-order valence-corrected chi connectivity index (χ3v) is 1.35. The van der Waals surface area contributed by atoms with Crippen molar-refractivity contribution in [2.24, 2.45) is 0 Å². The van der Waals surface area contributed by atoms with Gasteiger partial charge in [-0.25, -0.2) is 0 Å². The second-order valence-corrected chi connectivity index (χ2v) is 2.55. The van der Waals surface area contributed by atoms with Crippen molar-refractivity contribution >= 4 is 0 Å². The van der Waals surface area contributed by atoms with Crippen molar-refractivity contribution in [2.75, 3.05) is 13.4 Å². The van der Waals surface area contributed by atoms with E-state index < -0.39 is 0 Å². The Morgan fingerprint density at radius 3 is 2.91 bits per heavy atom. The molecule has 0 aromatic rings. The van der Waals surface area contributed by atoms with Crippen molar-refractivity contribution in [1.29, 1.82) is 0 Å². The second-order valence-electron chi connectivity index (χ2n) is 2.55. The molecule has 0 aliphatic carbocycles. The van der Waals surface area contributed by atoms with Gasteiger partial charge in [0.05, 0.1) is 6.61 Å². The van der Waals surface area contributed by atoms with Crippen LogP contribution in [0.25, 0.3) is 0 Å². The Morgan fingerprint density at radius 1 is 1.64 bits per heavy atom. The predicted octanol–water partition coefficient (Wildman–Crippen LogP) is 2.01. The number of allylic oxidation sites excluding steroid dienone is 2. The fourth-order valence-electron chi connectivity index (χ4n) is 0.857. The van der Waals surface area contributed by atoms with Crippen LogP contribution in [0.2, 0.25) is 0 Å². The molecule has 0 bridgehead atoms. The summed E-state index contributed by atoms with van der Waals surface area (Å²) < 4.78 is 10.1. The van der Waals surface area contributed by atoms with Gasteiger partial charge in [-0.2, -0.15) is 0 Å². The summed E-state index contributed by atoms with van der Waals surface area (Å²) in [6, 6.07) is 0. The lowest BCUT2D eigenvalue weighted by Crippen LogP contribution is -2.13. The molecule has 0 unspecified atom stereocenters. The molecule has 2 nitrogen and oxygen atoms in total. The minimum atomic E-state index is 0.312. The van der Waals surface area contributed by atoms with Crippen molar-refractivity contribution in [3.8, 4) is 0 Å². The smallest absolute Gasteiger partial charge is 0.189 e. The molecule has 0 radical (unpaired) electrons. The number of hydrogen-bond donors (Lipinski definition) is 0. The zero-order valence-corrected chi connectivity index (χ0v) is 6.72. The molecule has 1 fully saturated rings. The first-order valence-corrected chi connectivity index (χ1v) is 3.46. The first-order chi connectivity index (χ1) is 5.20. The number of hydrogen-bond acceptors (Lipinski definition) is 2. The maximum Gasteiger partial charge on any atom is 0.189 e. The molecule has 0 aromatic heterocycles. The summed E-state index contributed by atoms with van der Waals surface area (Å²) in [5, 5.41) is 0. The first-order valence-electron chi connectivity index (χ1n) is 3.46. The molecule has 1 aliphatic rings. The minimum absolute atomic E-state index is 0.312. The lowest BCUT2D eigenvalue weighted by atomic mass is 10.1. The standard InChI is InChI=1S/C9H12O2/c1-7(2)4-9-5-10-6-11-8(9)3/h4H,1,3,5-6H2,2H3/b9-4-. The van der Waals surface area contributed by atoms with Crippen molar-refractivity contribution < 1.29 is 9.47 Å². The van der Waals surface area contributed by atoms with Gasteiger partial charge in [-0.1, -0.05) is 24.8 Å². The molecule has 1 heterocycles. The predicted molar refractivity (Wildman–Crippen MR) is 43.9 cm³/mol. The molecule has 11 heavy (non-hydrogen) atoms. The molecule has 0 N–H and O–H groups in total. The summed E-state index contributed by atoms with van der Waals surface area (Å²) in [7, 11) is 0.